The van der Waals surface area contributed by atoms with E-state index in [0.717, 1.165) is 12.1 Å². The molecule has 0 aromatic heterocycles. The zero-order chi connectivity index (χ0) is 15.9. The van der Waals surface area contributed by atoms with Gasteiger partial charge in [0.05, 0.1) is 24.9 Å². The molecular formula is C14H20F3O3P. The number of benzene rings is 1. The van der Waals surface area contributed by atoms with Gasteiger partial charge in [-0.2, -0.15) is 13.2 Å². The quantitative estimate of drug-likeness (QED) is 0.613. The molecule has 0 aliphatic rings. The van der Waals surface area contributed by atoms with Crippen molar-refractivity contribution in [3.63, 3.8) is 0 Å². The summed E-state index contributed by atoms with van der Waals surface area (Å²) in [4.78, 5) is 0. The maximum Gasteiger partial charge on any atom is 0.416 e. The van der Waals surface area contributed by atoms with Crippen LogP contribution in [-0.2, 0) is 26.0 Å². The minimum Gasteiger partial charge on any atom is -0.308 e. The summed E-state index contributed by atoms with van der Waals surface area (Å²) < 4.78 is 60.6. The predicted octanol–water partition coefficient (Wildman–Crippen LogP) is 5.25. The third-order valence-electron chi connectivity index (χ3n) is 2.64. The van der Waals surface area contributed by atoms with Crippen LogP contribution in [0.25, 0.3) is 0 Å². The molecule has 21 heavy (non-hydrogen) atoms. The molecule has 0 radical (unpaired) electrons. The number of halogens is 3. The molecule has 0 amide bonds. The molecule has 0 aliphatic heterocycles. The summed E-state index contributed by atoms with van der Waals surface area (Å²) in [5, 5.41) is 0. The van der Waals surface area contributed by atoms with E-state index in [1.54, 1.807) is 0 Å². The number of hydrogen-bond donors (Lipinski definition) is 0. The van der Waals surface area contributed by atoms with Gasteiger partial charge in [-0.3, -0.25) is 4.57 Å². The van der Waals surface area contributed by atoms with Crippen molar-refractivity contribution in [1.29, 1.82) is 0 Å². The van der Waals surface area contributed by atoms with Crippen LogP contribution in [0.5, 0.6) is 0 Å². The van der Waals surface area contributed by atoms with Crippen molar-refractivity contribution in [2.75, 3.05) is 13.2 Å². The highest BCUT2D eigenvalue weighted by atomic mass is 31.2. The van der Waals surface area contributed by atoms with Gasteiger partial charge in [0.1, 0.15) is 0 Å². The number of hydrogen-bond acceptors (Lipinski definition) is 3. The van der Waals surface area contributed by atoms with E-state index in [9.17, 15) is 17.7 Å². The van der Waals surface area contributed by atoms with Gasteiger partial charge in [0, 0.05) is 0 Å². The minimum absolute atomic E-state index is 0.0227. The first-order chi connectivity index (χ1) is 9.80. The first-order valence-electron chi connectivity index (χ1n) is 6.85. The van der Waals surface area contributed by atoms with E-state index in [4.69, 9.17) is 9.05 Å². The van der Waals surface area contributed by atoms with Gasteiger partial charge in [-0.15, -0.1) is 0 Å². The molecule has 7 heteroatoms. The lowest BCUT2D eigenvalue weighted by atomic mass is 10.1. The van der Waals surface area contributed by atoms with Gasteiger partial charge in [0.2, 0.25) is 0 Å². The smallest absolute Gasteiger partial charge is 0.308 e. The minimum atomic E-state index is -4.38. The van der Waals surface area contributed by atoms with Gasteiger partial charge in [-0.25, -0.2) is 0 Å². The Kier molecular flexibility index (Phi) is 6.91. The SMILES string of the molecule is CCCOP(=O)(Cc1ccc(C(F)(F)F)cc1)OCCC. The van der Waals surface area contributed by atoms with Gasteiger partial charge < -0.3 is 9.05 Å². The predicted molar refractivity (Wildman–Crippen MR) is 75.2 cm³/mol. The molecule has 0 saturated carbocycles. The molecule has 1 aromatic rings. The Morgan fingerprint density at radius 1 is 1.00 bits per heavy atom. The molecule has 0 saturated heterocycles. The topological polar surface area (TPSA) is 35.5 Å². The highest BCUT2D eigenvalue weighted by molar-refractivity contribution is 7.53. The van der Waals surface area contributed by atoms with Crippen LogP contribution in [0.1, 0.15) is 37.8 Å². The van der Waals surface area contributed by atoms with E-state index >= 15 is 0 Å². The molecule has 0 unspecified atom stereocenters. The zero-order valence-corrected chi connectivity index (χ0v) is 13.0. The summed E-state index contributed by atoms with van der Waals surface area (Å²) >= 11 is 0. The van der Waals surface area contributed by atoms with Crippen LogP contribution < -0.4 is 0 Å². The van der Waals surface area contributed by atoms with E-state index in [0.29, 0.717) is 31.6 Å². The van der Waals surface area contributed by atoms with Crippen LogP contribution in [0.3, 0.4) is 0 Å². The van der Waals surface area contributed by atoms with E-state index in [1.807, 2.05) is 13.8 Å². The first-order valence-corrected chi connectivity index (χ1v) is 8.58. The fourth-order valence-corrected chi connectivity index (χ4v) is 3.45. The lowest BCUT2D eigenvalue weighted by molar-refractivity contribution is -0.137. The first kappa shape index (κ1) is 18.2. The van der Waals surface area contributed by atoms with Crippen molar-refractivity contribution in [2.24, 2.45) is 0 Å². The van der Waals surface area contributed by atoms with E-state index in [2.05, 4.69) is 0 Å². The average molecular weight is 324 g/mol. The van der Waals surface area contributed by atoms with Crippen LogP contribution in [0.15, 0.2) is 24.3 Å². The molecule has 0 aliphatic carbocycles. The molecular weight excluding hydrogens is 304 g/mol. The van der Waals surface area contributed by atoms with Crippen molar-refractivity contribution in [1.82, 2.24) is 0 Å². The fourth-order valence-electron chi connectivity index (χ4n) is 1.61. The highest BCUT2D eigenvalue weighted by Gasteiger charge is 2.30. The molecule has 0 atom stereocenters. The van der Waals surface area contributed by atoms with Crippen molar-refractivity contribution in [3.05, 3.63) is 35.4 Å². The third kappa shape index (κ3) is 6.20. The van der Waals surface area contributed by atoms with Crippen LogP contribution in [0.2, 0.25) is 0 Å². The van der Waals surface area contributed by atoms with Gasteiger partial charge >= 0.3 is 13.8 Å². The fraction of sp³-hybridized carbons (Fsp3) is 0.571. The average Bonchev–Trinajstić information content (AvgIpc) is 2.43. The molecule has 0 spiro atoms. The third-order valence-corrected chi connectivity index (χ3v) is 4.55. The Morgan fingerprint density at radius 3 is 1.86 bits per heavy atom. The van der Waals surface area contributed by atoms with Crippen molar-refractivity contribution >= 4 is 7.60 Å². The van der Waals surface area contributed by atoms with Crippen LogP contribution in [-0.4, -0.2) is 13.2 Å². The highest BCUT2D eigenvalue weighted by Crippen LogP contribution is 2.51. The molecule has 0 heterocycles. The Morgan fingerprint density at radius 2 is 1.48 bits per heavy atom. The molecule has 0 bridgehead atoms. The Bertz CT molecular complexity index is 459. The summed E-state index contributed by atoms with van der Waals surface area (Å²) in [5.74, 6) is 0. The van der Waals surface area contributed by atoms with E-state index in [-0.39, 0.29) is 6.16 Å². The number of alkyl halides is 3. The monoisotopic (exact) mass is 324 g/mol. The molecule has 3 nitrogen and oxygen atoms in total. The van der Waals surface area contributed by atoms with Crippen molar-refractivity contribution in [3.8, 4) is 0 Å². The maximum absolute atomic E-state index is 12.5. The van der Waals surface area contributed by atoms with Crippen molar-refractivity contribution in [2.45, 2.75) is 39.0 Å². The lowest BCUT2D eigenvalue weighted by Crippen LogP contribution is -2.05. The second kappa shape index (κ2) is 7.97. The summed E-state index contributed by atoms with van der Waals surface area (Å²) in [6, 6.07) is 4.55. The normalized spacial score (nSPS) is 12.6. The molecule has 0 fully saturated rings. The molecule has 120 valence electrons. The van der Waals surface area contributed by atoms with Crippen LogP contribution in [0, 0.1) is 0 Å². The molecule has 0 N–H and O–H groups in total. The maximum atomic E-state index is 12.5. The summed E-state index contributed by atoms with van der Waals surface area (Å²) in [6.45, 7) is 4.34. The summed E-state index contributed by atoms with van der Waals surface area (Å²) in [5.41, 5.74) is -0.233. The van der Waals surface area contributed by atoms with Crippen LogP contribution >= 0.6 is 7.60 Å². The second-order valence-corrected chi connectivity index (χ2v) is 6.68. The molecule has 1 aromatic carbocycles. The Balaban J connectivity index is 2.80. The van der Waals surface area contributed by atoms with Crippen molar-refractivity contribution < 1.29 is 26.8 Å². The Hall–Kier alpha value is -0.840. The number of rotatable bonds is 8. The largest absolute Gasteiger partial charge is 0.416 e. The lowest BCUT2D eigenvalue weighted by Gasteiger charge is -2.18. The van der Waals surface area contributed by atoms with E-state index < -0.39 is 19.3 Å². The molecule has 1 rings (SSSR count). The zero-order valence-electron chi connectivity index (χ0n) is 12.2. The van der Waals surface area contributed by atoms with Crippen LogP contribution in [0.4, 0.5) is 13.2 Å². The summed E-state index contributed by atoms with van der Waals surface area (Å²) in [6.07, 6.45) is -3.02. The standard InChI is InChI=1S/C14H20F3O3P/c1-3-9-19-21(18,20-10-4-2)11-12-5-7-13(8-6-12)14(15,16)17/h5-8H,3-4,9-11H2,1-2H3. The summed E-state index contributed by atoms with van der Waals surface area (Å²) in [7, 11) is -3.31. The van der Waals surface area contributed by atoms with Gasteiger partial charge in [-0.1, -0.05) is 26.0 Å². The Labute approximate surface area is 123 Å². The second-order valence-electron chi connectivity index (χ2n) is 4.63. The van der Waals surface area contributed by atoms with E-state index in [1.165, 1.54) is 12.1 Å². The van der Waals surface area contributed by atoms with Gasteiger partial charge in [-0.05, 0) is 30.5 Å². The van der Waals surface area contributed by atoms with Gasteiger partial charge in [0.15, 0.2) is 0 Å². The van der Waals surface area contributed by atoms with Gasteiger partial charge in [0.25, 0.3) is 0 Å².